The molecule has 0 radical (unpaired) electrons. The van der Waals surface area contributed by atoms with Crippen LogP contribution >= 0.6 is 0 Å². The lowest BCUT2D eigenvalue weighted by atomic mass is 9.94. The van der Waals surface area contributed by atoms with Crippen molar-refractivity contribution < 1.29 is 4.39 Å². The number of aryl methyl sites for hydroxylation is 1. The maximum absolute atomic E-state index is 13.6. The van der Waals surface area contributed by atoms with Crippen LogP contribution in [0.3, 0.4) is 0 Å². The van der Waals surface area contributed by atoms with E-state index >= 15 is 0 Å². The average molecular weight is 342 g/mol. The second-order valence-electron chi connectivity index (χ2n) is 7.10. The molecule has 0 bridgehead atoms. The Balaban J connectivity index is 1.62. The summed E-state index contributed by atoms with van der Waals surface area (Å²) in [5.74, 6) is 2.32. The topological polar surface area (TPSA) is 82.6 Å². The van der Waals surface area contributed by atoms with Crippen molar-refractivity contribution in [2.24, 2.45) is 18.9 Å². The van der Waals surface area contributed by atoms with Crippen LogP contribution in [0.4, 0.5) is 10.3 Å². The van der Waals surface area contributed by atoms with Crippen molar-refractivity contribution in [3.63, 3.8) is 0 Å². The van der Waals surface area contributed by atoms with E-state index in [2.05, 4.69) is 20.1 Å². The van der Waals surface area contributed by atoms with Crippen molar-refractivity contribution in [2.75, 3.05) is 11.4 Å². The lowest BCUT2D eigenvalue weighted by Crippen LogP contribution is -2.29. The van der Waals surface area contributed by atoms with Gasteiger partial charge in [-0.05, 0) is 49.3 Å². The Morgan fingerprint density at radius 1 is 1.28 bits per heavy atom. The van der Waals surface area contributed by atoms with Crippen LogP contribution in [-0.2, 0) is 7.05 Å². The van der Waals surface area contributed by atoms with Crippen molar-refractivity contribution >= 4 is 17.0 Å². The molecule has 25 heavy (non-hydrogen) atoms. The highest BCUT2D eigenvalue weighted by atomic mass is 19.1. The molecule has 2 atom stereocenters. The van der Waals surface area contributed by atoms with E-state index in [9.17, 15) is 9.18 Å². The molecule has 0 spiro atoms. The van der Waals surface area contributed by atoms with Crippen molar-refractivity contribution in [1.82, 2.24) is 24.7 Å². The largest absolute Gasteiger partial charge is 0.340 e. The van der Waals surface area contributed by atoms with E-state index < -0.39 is 0 Å². The van der Waals surface area contributed by atoms with Crippen molar-refractivity contribution in [3.8, 4) is 0 Å². The SMILES string of the molecule is Cn1c(N2CCC(C3CC3)C2c2n[nH]c(=O)[nH]2)nc2ccc(F)cc21. The summed E-state index contributed by atoms with van der Waals surface area (Å²) in [6.45, 7) is 0.848. The Labute approximate surface area is 142 Å². The number of fused-ring (bicyclic) bond motifs is 1. The number of nitrogens with one attached hydrogen (secondary N) is 2. The molecule has 3 aromatic rings. The minimum Gasteiger partial charge on any atom is -0.332 e. The average Bonchev–Trinajstić information content (AvgIpc) is 3.07. The van der Waals surface area contributed by atoms with E-state index in [0.29, 0.717) is 17.7 Å². The molecular formula is C17H19FN6O. The zero-order chi connectivity index (χ0) is 17.1. The molecule has 2 aliphatic rings. The van der Waals surface area contributed by atoms with E-state index in [0.717, 1.165) is 29.9 Å². The minimum absolute atomic E-state index is 0.00758. The van der Waals surface area contributed by atoms with Gasteiger partial charge in [-0.2, -0.15) is 5.10 Å². The van der Waals surface area contributed by atoms with E-state index in [1.165, 1.54) is 25.0 Å². The van der Waals surface area contributed by atoms with Gasteiger partial charge in [0.15, 0.2) is 5.82 Å². The van der Waals surface area contributed by atoms with Crippen LogP contribution in [0.5, 0.6) is 0 Å². The van der Waals surface area contributed by atoms with Gasteiger partial charge in [-0.25, -0.2) is 19.3 Å². The summed E-state index contributed by atoms with van der Waals surface area (Å²) in [7, 11) is 1.90. The number of H-pyrrole nitrogens is 2. The van der Waals surface area contributed by atoms with Gasteiger partial charge in [-0.3, -0.25) is 4.98 Å². The maximum atomic E-state index is 13.6. The summed E-state index contributed by atoms with van der Waals surface area (Å²) in [5, 5.41) is 6.68. The molecule has 1 aliphatic heterocycles. The number of rotatable bonds is 3. The van der Waals surface area contributed by atoms with Gasteiger partial charge >= 0.3 is 5.69 Å². The second-order valence-corrected chi connectivity index (χ2v) is 7.10. The van der Waals surface area contributed by atoms with Crippen LogP contribution in [0.25, 0.3) is 11.0 Å². The van der Waals surface area contributed by atoms with E-state index in [-0.39, 0.29) is 17.5 Å². The molecule has 5 rings (SSSR count). The Morgan fingerprint density at radius 2 is 2.12 bits per heavy atom. The molecule has 2 fully saturated rings. The molecule has 1 aromatic carbocycles. The number of halogens is 1. The zero-order valence-electron chi connectivity index (χ0n) is 13.9. The first kappa shape index (κ1) is 14.7. The van der Waals surface area contributed by atoms with Gasteiger partial charge in [0.05, 0.1) is 17.1 Å². The number of aromatic nitrogens is 5. The van der Waals surface area contributed by atoms with Crippen LogP contribution in [0.1, 0.15) is 31.1 Å². The predicted molar refractivity (Wildman–Crippen MR) is 90.8 cm³/mol. The number of nitrogens with zero attached hydrogens (tertiary/aromatic N) is 4. The number of aromatic amines is 2. The highest BCUT2D eigenvalue weighted by Crippen LogP contribution is 2.50. The first-order valence-electron chi connectivity index (χ1n) is 8.65. The van der Waals surface area contributed by atoms with Gasteiger partial charge in [0.25, 0.3) is 0 Å². The highest BCUT2D eigenvalue weighted by Gasteiger charge is 2.46. The molecule has 7 nitrogen and oxygen atoms in total. The number of imidazole rings is 1. The lowest BCUT2D eigenvalue weighted by Gasteiger charge is -2.27. The minimum atomic E-state index is -0.288. The third-order valence-electron chi connectivity index (χ3n) is 5.55. The smallest absolute Gasteiger partial charge is 0.332 e. The first-order valence-corrected chi connectivity index (χ1v) is 8.65. The first-order chi connectivity index (χ1) is 12.1. The number of benzene rings is 1. The summed E-state index contributed by atoms with van der Waals surface area (Å²) in [4.78, 5) is 21.3. The van der Waals surface area contributed by atoms with Crippen LogP contribution < -0.4 is 10.6 Å². The van der Waals surface area contributed by atoms with Crippen molar-refractivity contribution in [1.29, 1.82) is 0 Å². The fourth-order valence-electron chi connectivity index (χ4n) is 4.24. The van der Waals surface area contributed by atoms with Crippen molar-refractivity contribution in [3.05, 3.63) is 40.3 Å². The molecule has 8 heteroatoms. The number of hydrogen-bond acceptors (Lipinski definition) is 4. The summed E-state index contributed by atoms with van der Waals surface area (Å²) in [6.07, 6.45) is 3.51. The number of hydrogen-bond donors (Lipinski definition) is 2. The quantitative estimate of drug-likeness (QED) is 0.764. The molecule has 2 N–H and O–H groups in total. The van der Waals surface area contributed by atoms with E-state index in [1.54, 1.807) is 6.07 Å². The van der Waals surface area contributed by atoms with E-state index in [1.807, 2.05) is 11.6 Å². The predicted octanol–water partition coefficient (Wildman–Crippen LogP) is 2.10. The Hall–Kier alpha value is -2.64. The zero-order valence-corrected chi connectivity index (χ0v) is 13.9. The lowest BCUT2D eigenvalue weighted by molar-refractivity contribution is 0.412. The third-order valence-corrected chi connectivity index (χ3v) is 5.55. The maximum Gasteiger partial charge on any atom is 0.340 e. The van der Waals surface area contributed by atoms with Gasteiger partial charge < -0.3 is 9.47 Å². The summed E-state index contributed by atoms with van der Waals surface area (Å²) >= 11 is 0. The second kappa shape index (κ2) is 5.18. The van der Waals surface area contributed by atoms with Crippen molar-refractivity contribution in [2.45, 2.75) is 25.3 Å². The highest BCUT2D eigenvalue weighted by molar-refractivity contribution is 5.79. The monoisotopic (exact) mass is 342 g/mol. The molecule has 1 aliphatic carbocycles. The van der Waals surface area contributed by atoms with Gasteiger partial charge in [0.1, 0.15) is 5.82 Å². The summed E-state index contributed by atoms with van der Waals surface area (Å²) < 4.78 is 15.5. The van der Waals surface area contributed by atoms with Gasteiger partial charge in [0.2, 0.25) is 5.95 Å². The summed E-state index contributed by atoms with van der Waals surface area (Å²) in [5.41, 5.74) is 1.24. The Morgan fingerprint density at radius 3 is 2.84 bits per heavy atom. The normalized spacial score (nSPS) is 23.7. The molecule has 2 aromatic heterocycles. The fraction of sp³-hybridized carbons (Fsp3) is 0.471. The van der Waals surface area contributed by atoms with Crippen LogP contribution in [-0.4, -0.2) is 31.3 Å². The van der Waals surface area contributed by atoms with Crippen LogP contribution in [0.15, 0.2) is 23.0 Å². The molecule has 1 saturated carbocycles. The third kappa shape index (κ3) is 2.27. The van der Waals surface area contributed by atoms with Crippen LogP contribution in [0, 0.1) is 17.7 Å². The summed E-state index contributed by atoms with van der Waals surface area (Å²) in [6, 6.07) is 4.63. The van der Waals surface area contributed by atoms with Gasteiger partial charge in [-0.1, -0.05) is 0 Å². The van der Waals surface area contributed by atoms with Crippen LogP contribution in [0.2, 0.25) is 0 Å². The molecule has 0 amide bonds. The molecule has 130 valence electrons. The van der Waals surface area contributed by atoms with E-state index in [4.69, 9.17) is 4.98 Å². The fourth-order valence-corrected chi connectivity index (χ4v) is 4.24. The molecule has 3 heterocycles. The molecular weight excluding hydrogens is 323 g/mol. The Bertz CT molecular complexity index is 1000. The standard InChI is InChI=1S/C17H19FN6O/c1-23-13-8-10(18)4-5-12(13)19-17(23)24-7-6-11(9-2-3-9)14(24)15-20-16(25)22-21-15/h4-5,8-9,11,14H,2-3,6-7H2,1H3,(H2,20,21,22,25). The van der Waals surface area contributed by atoms with Gasteiger partial charge in [0, 0.05) is 13.6 Å². The Kier molecular flexibility index (Phi) is 3.04. The number of anilines is 1. The molecule has 2 unspecified atom stereocenters. The molecule has 1 saturated heterocycles. The van der Waals surface area contributed by atoms with Gasteiger partial charge in [-0.15, -0.1) is 0 Å².